The van der Waals surface area contributed by atoms with E-state index in [-0.39, 0.29) is 0 Å². The van der Waals surface area contributed by atoms with Crippen LogP contribution in [-0.2, 0) is 0 Å². The zero-order valence-electron chi connectivity index (χ0n) is 17.2. The lowest BCUT2D eigenvalue weighted by Gasteiger charge is -2.26. The maximum absolute atomic E-state index is 6.10. The summed E-state index contributed by atoms with van der Waals surface area (Å²) in [5.74, 6) is 2.13. The largest absolute Gasteiger partial charge is 0.492 e. The minimum absolute atomic E-state index is 0.548. The number of aromatic nitrogens is 3. The lowest BCUT2D eigenvalue weighted by atomic mass is 10.1. The molecule has 2 aromatic heterocycles. The summed E-state index contributed by atoms with van der Waals surface area (Å²) in [7, 11) is 0. The standard InChI is InChI=1S/C24H26N4O2/c1-17-13-18-14-20(6-8-22(18)27-17)30-24-21-7-5-19(15-23(21)25-16-26-24)29-12-11-28-9-3-2-4-10-28/h5-8,13-16,27H,2-4,9-12H2,1H3. The number of hydrogen-bond acceptors (Lipinski definition) is 5. The number of nitrogens with one attached hydrogen (secondary N) is 1. The third-order valence-corrected chi connectivity index (χ3v) is 5.64. The molecule has 6 heteroatoms. The molecular formula is C24H26N4O2. The molecule has 1 saturated heterocycles. The smallest absolute Gasteiger partial charge is 0.230 e. The quantitative estimate of drug-likeness (QED) is 0.487. The van der Waals surface area contributed by atoms with Crippen molar-refractivity contribution in [3.63, 3.8) is 0 Å². The van der Waals surface area contributed by atoms with Gasteiger partial charge in [-0.25, -0.2) is 9.97 Å². The molecular weight excluding hydrogens is 376 g/mol. The zero-order chi connectivity index (χ0) is 20.3. The Morgan fingerprint density at radius 1 is 0.967 bits per heavy atom. The fourth-order valence-electron chi connectivity index (χ4n) is 4.09. The number of hydrogen-bond donors (Lipinski definition) is 1. The van der Waals surface area contributed by atoms with E-state index in [0.29, 0.717) is 12.5 Å². The van der Waals surface area contributed by atoms with Crippen LogP contribution >= 0.6 is 0 Å². The SMILES string of the molecule is Cc1cc2cc(Oc3ncnc4cc(OCCN5CCCCC5)ccc34)ccc2[nH]1. The summed E-state index contributed by atoms with van der Waals surface area (Å²) < 4.78 is 12.1. The first-order valence-corrected chi connectivity index (χ1v) is 10.6. The molecule has 6 nitrogen and oxygen atoms in total. The van der Waals surface area contributed by atoms with Gasteiger partial charge < -0.3 is 14.5 Å². The van der Waals surface area contributed by atoms with Crippen LogP contribution < -0.4 is 9.47 Å². The molecule has 0 radical (unpaired) electrons. The molecule has 4 aromatic rings. The summed E-state index contributed by atoms with van der Waals surface area (Å²) in [6, 6.07) is 14.0. The molecule has 1 aliphatic heterocycles. The van der Waals surface area contributed by atoms with Crippen molar-refractivity contribution in [1.29, 1.82) is 0 Å². The highest BCUT2D eigenvalue weighted by Gasteiger charge is 2.11. The normalized spacial score (nSPS) is 15.0. The van der Waals surface area contributed by atoms with E-state index in [1.54, 1.807) is 0 Å². The van der Waals surface area contributed by atoms with Gasteiger partial charge in [0.1, 0.15) is 24.4 Å². The molecule has 1 N–H and O–H groups in total. The minimum Gasteiger partial charge on any atom is -0.492 e. The van der Waals surface area contributed by atoms with Crippen molar-refractivity contribution >= 4 is 21.8 Å². The minimum atomic E-state index is 0.548. The van der Waals surface area contributed by atoms with Crippen LogP contribution in [0.5, 0.6) is 17.4 Å². The van der Waals surface area contributed by atoms with Crippen molar-refractivity contribution in [3.8, 4) is 17.4 Å². The number of H-pyrrole nitrogens is 1. The molecule has 0 bridgehead atoms. The van der Waals surface area contributed by atoms with E-state index in [2.05, 4.69) is 25.9 Å². The summed E-state index contributed by atoms with van der Waals surface area (Å²) in [6.45, 7) is 6.07. The third-order valence-electron chi connectivity index (χ3n) is 5.64. The number of rotatable bonds is 6. The summed E-state index contributed by atoms with van der Waals surface area (Å²) in [4.78, 5) is 14.6. The van der Waals surface area contributed by atoms with Gasteiger partial charge in [0.2, 0.25) is 5.88 Å². The van der Waals surface area contributed by atoms with Crippen molar-refractivity contribution in [2.75, 3.05) is 26.2 Å². The molecule has 1 fully saturated rings. The van der Waals surface area contributed by atoms with Crippen molar-refractivity contribution in [2.24, 2.45) is 0 Å². The molecule has 30 heavy (non-hydrogen) atoms. The van der Waals surface area contributed by atoms with Crippen LogP contribution in [0.2, 0.25) is 0 Å². The topological polar surface area (TPSA) is 63.3 Å². The number of aryl methyl sites for hydroxylation is 1. The van der Waals surface area contributed by atoms with Crippen LogP contribution in [0, 0.1) is 6.92 Å². The molecule has 0 amide bonds. The Labute approximate surface area is 175 Å². The third kappa shape index (κ3) is 4.09. The summed E-state index contributed by atoms with van der Waals surface area (Å²) >= 11 is 0. The Kier molecular flexibility index (Phi) is 5.24. The molecule has 0 aliphatic carbocycles. The fourth-order valence-corrected chi connectivity index (χ4v) is 4.09. The van der Waals surface area contributed by atoms with Crippen LogP contribution in [0.1, 0.15) is 25.0 Å². The first kappa shape index (κ1) is 18.9. The maximum atomic E-state index is 6.10. The molecule has 0 atom stereocenters. The van der Waals surface area contributed by atoms with E-state index >= 15 is 0 Å². The lowest BCUT2D eigenvalue weighted by molar-refractivity contribution is 0.183. The molecule has 0 saturated carbocycles. The summed E-state index contributed by atoms with van der Waals surface area (Å²) in [5.41, 5.74) is 3.04. The van der Waals surface area contributed by atoms with Crippen molar-refractivity contribution in [1.82, 2.24) is 19.9 Å². The van der Waals surface area contributed by atoms with Crippen LogP contribution in [0.25, 0.3) is 21.8 Å². The van der Waals surface area contributed by atoms with Gasteiger partial charge in [0.25, 0.3) is 0 Å². The van der Waals surface area contributed by atoms with Crippen LogP contribution in [0.4, 0.5) is 0 Å². The number of piperidine rings is 1. The van der Waals surface area contributed by atoms with Gasteiger partial charge in [-0.3, -0.25) is 4.90 Å². The van der Waals surface area contributed by atoms with Crippen LogP contribution in [-0.4, -0.2) is 46.1 Å². The Morgan fingerprint density at radius 3 is 2.73 bits per heavy atom. The summed E-state index contributed by atoms with van der Waals surface area (Å²) in [6.07, 6.45) is 5.48. The van der Waals surface area contributed by atoms with Gasteiger partial charge in [-0.05, 0) is 69.3 Å². The number of aromatic amines is 1. The number of likely N-dealkylation sites (tertiary alicyclic amines) is 1. The number of fused-ring (bicyclic) bond motifs is 2. The Hall–Kier alpha value is -3.12. The lowest BCUT2D eigenvalue weighted by Crippen LogP contribution is -2.33. The molecule has 2 aromatic carbocycles. The van der Waals surface area contributed by atoms with E-state index < -0.39 is 0 Å². The predicted molar refractivity (Wildman–Crippen MR) is 118 cm³/mol. The van der Waals surface area contributed by atoms with Gasteiger partial charge in [0.05, 0.1) is 10.9 Å². The molecule has 0 spiro atoms. The van der Waals surface area contributed by atoms with Gasteiger partial charge in [-0.15, -0.1) is 0 Å². The van der Waals surface area contributed by atoms with E-state index in [0.717, 1.165) is 45.5 Å². The first-order valence-electron chi connectivity index (χ1n) is 10.6. The number of benzene rings is 2. The highest BCUT2D eigenvalue weighted by Crippen LogP contribution is 2.30. The molecule has 5 rings (SSSR count). The Morgan fingerprint density at radius 2 is 1.83 bits per heavy atom. The molecule has 3 heterocycles. The average Bonchev–Trinajstić information content (AvgIpc) is 3.14. The van der Waals surface area contributed by atoms with Gasteiger partial charge in [0, 0.05) is 29.2 Å². The van der Waals surface area contributed by atoms with Gasteiger partial charge >= 0.3 is 0 Å². The van der Waals surface area contributed by atoms with Crippen molar-refractivity contribution in [2.45, 2.75) is 26.2 Å². The first-order chi connectivity index (χ1) is 14.7. The second-order valence-electron chi connectivity index (χ2n) is 7.91. The number of nitrogens with zero attached hydrogens (tertiary/aromatic N) is 3. The van der Waals surface area contributed by atoms with E-state index in [9.17, 15) is 0 Å². The van der Waals surface area contributed by atoms with E-state index in [4.69, 9.17) is 9.47 Å². The molecule has 0 unspecified atom stereocenters. The highest BCUT2D eigenvalue weighted by molar-refractivity contribution is 5.85. The summed E-state index contributed by atoms with van der Waals surface area (Å²) in [5, 5.41) is 1.99. The van der Waals surface area contributed by atoms with Crippen molar-refractivity contribution < 1.29 is 9.47 Å². The maximum Gasteiger partial charge on any atom is 0.230 e. The Balaban J connectivity index is 1.30. The molecule has 154 valence electrons. The van der Waals surface area contributed by atoms with Crippen molar-refractivity contribution in [3.05, 3.63) is 54.5 Å². The van der Waals surface area contributed by atoms with Gasteiger partial charge in [-0.2, -0.15) is 0 Å². The zero-order valence-corrected chi connectivity index (χ0v) is 17.2. The second kappa shape index (κ2) is 8.32. The monoisotopic (exact) mass is 402 g/mol. The predicted octanol–water partition coefficient (Wildman–Crippen LogP) is 5.08. The van der Waals surface area contributed by atoms with E-state index in [1.807, 2.05) is 43.3 Å². The van der Waals surface area contributed by atoms with Crippen LogP contribution in [0.15, 0.2) is 48.8 Å². The average molecular weight is 402 g/mol. The highest BCUT2D eigenvalue weighted by atomic mass is 16.5. The second-order valence-corrected chi connectivity index (χ2v) is 7.91. The van der Waals surface area contributed by atoms with Crippen LogP contribution in [0.3, 0.4) is 0 Å². The van der Waals surface area contributed by atoms with E-state index in [1.165, 1.54) is 38.7 Å². The Bertz CT molecular complexity index is 1160. The van der Waals surface area contributed by atoms with Gasteiger partial charge in [-0.1, -0.05) is 6.42 Å². The van der Waals surface area contributed by atoms with Gasteiger partial charge in [0.15, 0.2) is 0 Å². The molecule has 1 aliphatic rings. The fraction of sp³-hybridized carbons (Fsp3) is 0.333. The number of ether oxygens (including phenoxy) is 2.